The fraction of sp³-hybridized carbons (Fsp3) is 0.467. The molecule has 0 unspecified atom stereocenters. The number of aryl methyl sites for hydroxylation is 1. The number of piperazine rings is 1. The Morgan fingerprint density at radius 1 is 1.35 bits per heavy atom. The van der Waals surface area contributed by atoms with Crippen LogP contribution in [0.4, 0.5) is 5.95 Å². The topological polar surface area (TPSA) is 56.8 Å². The van der Waals surface area contributed by atoms with Gasteiger partial charge in [-0.2, -0.15) is 4.98 Å². The average Bonchev–Trinajstić information content (AvgIpc) is 2.90. The van der Waals surface area contributed by atoms with E-state index in [1.807, 2.05) is 0 Å². The quantitative estimate of drug-likeness (QED) is 0.888. The van der Waals surface area contributed by atoms with Crippen LogP contribution < -0.4 is 10.2 Å². The molecule has 1 aromatic carbocycles. The zero-order valence-electron chi connectivity index (χ0n) is 12.1. The number of rotatable bonds is 3. The van der Waals surface area contributed by atoms with Crippen LogP contribution in [0.5, 0.6) is 0 Å². The second-order valence-electron chi connectivity index (χ2n) is 5.49. The number of nitrogens with one attached hydrogen (secondary N) is 2. The summed E-state index contributed by atoms with van der Waals surface area (Å²) in [7, 11) is 0. The molecule has 20 heavy (non-hydrogen) atoms. The van der Waals surface area contributed by atoms with Gasteiger partial charge in [-0.1, -0.05) is 24.3 Å². The molecule has 0 saturated carbocycles. The fourth-order valence-electron chi connectivity index (χ4n) is 2.61. The highest BCUT2D eigenvalue weighted by atomic mass is 15.4. The molecule has 1 aliphatic heterocycles. The van der Waals surface area contributed by atoms with E-state index in [1.54, 1.807) is 0 Å². The second kappa shape index (κ2) is 5.63. The predicted molar refractivity (Wildman–Crippen MR) is 80.0 cm³/mol. The molecular formula is C15H21N5. The van der Waals surface area contributed by atoms with Gasteiger partial charge in [0.2, 0.25) is 5.95 Å². The standard InChI is InChI=1S/C15H21N5/c1-11-5-3-4-6-13(11)9-14-17-15(19-18-14)20-8-7-16-12(2)10-20/h3-6,12,16H,7-10H2,1-2H3,(H,17,18,19)/t12-/m0/s1. The van der Waals surface area contributed by atoms with Crippen LogP contribution in [0.3, 0.4) is 0 Å². The van der Waals surface area contributed by atoms with E-state index in [1.165, 1.54) is 11.1 Å². The highest BCUT2D eigenvalue weighted by molar-refractivity contribution is 5.33. The molecule has 5 heteroatoms. The molecule has 2 N–H and O–H groups in total. The Morgan fingerprint density at radius 2 is 2.20 bits per heavy atom. The van der Waals surface area contributed by atoms with Crippen LogP contribution in [0.1, 0.15) is 23.9 Å². The zero-order valence-corrected chi connectivity index (χ0v) is 12.1. The van der Waals surface area contributed by atoms with E-state index < -0.39 is 0 Å². The summed E-state index contributed by atoms with van der Waals surface area (Å²) in [6.07, 6.45) is 0.807. The Hall–Kier alpha value is -1.88. The number of hydrogen-bond acceptors (Lipinski definition) is 4. The molecule has 2 aromatic rings. The van der Waals surface area contributed by atoms with Crippen LogP contribution in [0.15, 0.2) is 24.3 Å². The number of hydrogen-bond donors (Lipinski definition) is 2. The van der Waals surface area contributed by atoms with Crippen LogP contribution in [-0.2, 0) is 6.42 Å². The summed E-state index contributed by atoms with van der Waals surface area (Å²) >= 11 is 0. The highest BCUT2D eigenvalue weighted by Crippen LogP contribution is 2.14. The Labute approximate surface area is 119 Å². The van der Waals surface area contributed by atoms with Gasteiger partial charge in [0, 0.05) is 32.1 Å². The monoisotopic (exact) mass is 271 g/mol. The lowest BCUT2D eigenvalue weighted by molar-refractivity contribution is 0.480. The maximum absolute atomic E-state index is 4.64. The lowest BCUT2D eigenvalue weighted by atomic mass is 10.1. The first-order valence-electron chi connectivity index (χ1n) is 7.16. The Morgan fingerprint density at radius 3 is 3.00 bits per heavy atom. The number of H-pyrrole nitrogens is 1. The van der Waals surface area contributed by atoms with E-state index in [4.69, 9.17) is 0 Å². The van der Waals surface area contributed by atoms with Crippen LogP contribution in [0.2, 0.25) is 0 Å². The number of aromatic nitrogens is 3. The zero-order chi connectivity index (χ0) is 13.9. The lowest BCUT2D eigenvalue weighted by Crippen LogP contribution is -2.49. The minimum atomic E-state index is 0.488. The molecule has 1 aromatic heterocycles. The maximum atomic E-state index is 4.64. The first-order chi connectivity index (χ1) is 9.72. The Kier molecular flexibility index (Phi) is 3.69. The van der Waals surface area contributed by atoms with Crippen molar-refractivity contribution in [2.45, 2.75) is 26.3 Å². The molecule has 2 heterocycles. The molecule has 0 radical (unpaired) electrons. The molecule has 0 spiro atoms. The molecule has 5 nitrogen and oxygen atoms in total. The summed E-state index contributed by atoms with van der Waals surface area (Å²) in [6.45, 7) is 7.23. The number of anilines is 1. The van der Waals surface area contributed by atoms with Crippen molar-refractivity contribution in [3.63, 3.8) is 0 Å². The van der Waals surface area contributed by atoms with Crippen molar-refractivity contribution in [3.05, 3.63) is 41.2 Å². The van der Waals surface area contributed by atoms with Gasteiger partial charge < -0.3 is 10.2 Å². The van der Waals surface area contributed by atoms with Crippen molar-refractivity contribution in [2.75, 3.05) is 24.5 Å². The van der Waals surface area contributed by atoms with Crippen molar-refractivity contribution >= 4 is 5.95 Å². The Bertz CT molecular complexity index is 577. The third-order valence-electron chi connectivity index (χ3n) is 3.79. The predicted octanol–water partition coefficient (Wildman–Crippen LogP) is 1.50. The van der Waals surface area contributed by atoms with Crippen molar-refractivity contribution in [1.29, 1.82) is 0 Å². The molecule has 106 valence electrons. The minimum absolute atomic E-state index is 0.488. The normalized spacial score (nSPS) is 19.3. The largest absolute Gasteiger partial charge is 0.337 e. The number of nitrogens with zero attached hydrogens (tertiary/aromatic N) is 3. The summed E-state index contributed by atoms with van der Waals surface area (Å²) in [5.41, 5.74) is 2.59. The molecule has 1 aliphatic rings. The molecule has 3 rings (SSSR count). The van der Waals surface area contributed by atoms with E-state index in [9.17, 15) is 0 Å². The SMILES string of the molecule is Cc1ccccc1Cc1nc(N2CCN[C@@H](C)C2)n[nH]1. The van der Waals surface area contributed by atoms with E-state index in [0.717, 1.165) is 37.8 Å². The lowest BCUT2D eigenvalue weighted by Gasteiger charge is -2.30. The second-order valence-corrected chi connectivity index (χ2v) is 5.49. The first kappa shape index (κ1) is 13.1. The van der Waals surface area contributed by atoms with Gasteiger partial charge >= 0.3 is 0 Å². The van der Waals surface area contributed by atoms with Gasteiger partial charge in [-0.25, -0.2) is 0 Å². The van der Waals surface area contributed by atoms with Gasteiger partial charge in [0.1, 0.15) is 5.82 Å². The molecule has 1 atom stereocenters. The van der Waals surface area contributed by atoms with Crippen molar-refractivity contribution in [3.8, 4) is 0 Å². The van der Waals surface area contributed by atoms with E-state index in [-0.39, 0.29) is 0 Å². The molecular weight excluding hydrogens is 250 g/mol. The first-order valence-corrected chi connectivity index (χ1v) is 7.16. The summed E-state index contributed by atoms with van der Waals surface area (Å²) in [5, 5.41) is 10.9. The summed E-state index contributed by atoms with van der Waals surface area (Å²) in [5.74, 6) is 1.75. The summed E-state index contributed by atoms with van der Waals surface area (Å²) in [6, 6.07) is 8.89. The van der Waals surface area contributed by atoms with Crippen molar-refractivity contribution in [2.24, 2.45) is 0 Å². The van der Waals surface area contributed by atoms with Crippen LogP contribution in [0, 0.1) is 6.92 Å². The molecule has 1 saturated heterocycles. The van der Waals surface area contributed by atoms with Crippen LogP contribution >= 0.6 is 0 Å². The number of benzene rings is 1. The van der Waals surface area contributed by atoms with Gasteiger partial charge in [0.15, 0.2) is 0 Å². The van der Waals surface area contributed by atoms with Gasteiger partial charge in [-0.3, -0.25) is 5.10 Å². The molecule has 0 aliphatic carbocycles. The van der Waals surface area contributed by atoms with E-state index in [0.29, 0.717) is 6.04 Å². The van der Waals surface area contributed by atoms with Crippen molar-refractivity contribution in [1.82, 2.24) is 20.5 Å². The smallest absolute Gasteiger partial charge is 0.244 e. The fourth-order valence-corrected chi connectivity index (χ4v) is 2.61. The van der Waals surface area contributed by atoms with E-state index >= 15 is 0 Å². The Balaban J connectivity index is 1.72. The summed E-state index contributed by atoms with van der Waals surface area (Å²) in [4.78, 5) is 6.87. The van der Waals surface area contributed by atoms with Gasteiger partial charge in [-0.15, -0.1) is 5.10 Å². The highest BCUT2D eigenvalue weighted by Gasteiger charge is 2.19. The van der Waals surface area contributed by atoms with Crippen LogP contribution in [0.25, 0.3) is 0 Å². The van der Waals surface area contributed by atoms with Crippen molar-refractivity contribution < 1.29 is 0 Å². The summed E-state index contributed by atoms with van der Waals surface area (Å²) < 4.78 is 0. The molecule has 0 bridgehead atoms. The minimum Gasteiger partial charge on any atom is -0.337 e. The molecule has 0 amide bonds. The van der Waals surface area contributed by atoms with E-state index in [2.05, 4.69) is 63.5 Å². The maximum Gasteiger partial charge on any atom is 0.244 e. The van der Waals surface area contributed by atoms with Crippen LogP contribution in [-0.4, -0.2) is 40.9 Å². The third kappa shape index (κ3) is 2.82. The van der Waals surface area contributed by atoms with Gasteiger partial charge in [0.05, 0.1) is 0 Å². The molecule has 1 fully saturated rings. The third-order valence-corrected chi connectivity index (χ3v) is 3.79. The average molecular weight is 271 g/mol. The van der Waals surface area contributed by atoms with Gasteiger partial charge in [-0.05, 0) is 25.0 Å². The van der Waals surface area contributed by atoms with Gasteiger partial charge in [0.25, 0.3) is 0 Å². The number of aromatic amines is 1.